The average Bonchev–Trinajstić information content (AvgIpc) is 2.81. The van der Waals surface area contributed by atoms with Crippen LogP contribution >= 0.6 is 0 Å². The molecule has 3 aromatic rings. The van der Waals surface area contributed by atoms with Gasteiger partial charge in [-0.15, -0.1) is 0 Å². The van der Waals surface area contributed by atoms with Crippen molar-refractivity contribution in [1.82, 2.24) is 4.90 Å². The normalized spacial score (nSPS) is 15.4. The Balaban J connectivity index is 1.41. The van der Waals surface area contributed by atoms with Gasteiger partial charge in [0.25, 0.3) is 0 Å². The average molecular weight is 413 g/mol. The summed E-state index contributed by atoms with van der Waals surface area (Å²) >= 11 is 0. The summed E-state index contributed by atoms with van der Waals surface area (Å²) in [5.74, 6) is -0.161. The van der Waals surface area contributed by atoms with Gasteiger partial charge < -0.3 is 10.6 Å². The molecule has 2 amide bonds. The van der Waals surface area contributed by atoms with Crippen molar-refractivity contribution in [3.05, 3.63) is 96.1 Å². The summed E-state index contributed by atoms with van der Waals surface area (Å²) in [7, 11) is 0. The molecule has 3 aromatic carbocycles. The second kappa shape index (κ2) is 9.17. The minimum Gasteiger partial charge on any atom is -0.369 e. The highest BCUT2D eigenvalue weighted by molar-refractivity contribution is 5.83. The number of nitrogens with two attached hydrogens (primary N) is 1. The van der Waals surface area contributed by atoms with Crippen LogP contribution in [-0.4, -0.2) is 29.8 Å². The molecule has 0 unspecified atom stereocenters. The molecule has 158 valence electrons. The number of nitrogens with zero attached hydrogens (tertiary/aromatic N) is 1. The van der Waals surface area contributed by atoms with Gasteiger partial charge in [0.2, 0.25) is 11.8 Å². The highest BCUT2D eigenvalue weighted by Gasteiger charge is 2.40. The van der Waals surface area contributed by atoms with Crippen LogP contribution in [0.2, 0.25) is 0 Å². The van der Waals surface area contributed by atoms with Crippen LogP contribution in [0.5, 0.6) is 0 Å². The molecule has 2 N–H and O–H groups in total. The van der Waals surface area contributed by atoms with Crippen LogP contribution in [0.15, 0.2) is 84.9 Å². The number of primary amides is 1. The van der Waals surface area contributed by atoms with E-state index >= 15 is 0 Å². The first kappa shape index (κ1) is 20.9. The number of hydrogen-bond acceptors (Lipinski definition) is 2. The Hall–Kier alpha value is -3.40. The first-order valence-electron chi connectivity index (χ1n) is 10.8. The maximum Gasteiger partial charge on any atom is 0.226 e. The van der Waals surface area contributed by atoms with Gasteiger partial charge in [0.1, 0.15) is 0 Å². The number of hydrogen-bond donors (Lipinski definition) is 1. The summed E-state index contributed by atoms with van der Waals surface area (Å²) < 4.78 is 0. The fraction of sp³-hybridized carbons (Fsp3) is 0.259. The third-order valence-corrected chi connectivity index (χ3v) is 6.40. The zero-order valence-corrected chi connectivity index (χ0v) is 17.7. The zero-order chi connectivity index (χ0) is 21.7. The number of piperidine rings is 1. The molecule has 1 heterocycles. The van der Waals surface area contributed by atoms with E-state index < -0.39 is 5.41 Å². The molecule has 0 atom stereocenters. The summed E-state index contributed by atoms with van der Waals surface area (Å²) in [5.41, 5.74) is 9.71. The van der Waals surface area contributed by atoms with Gasteiger partial charge in [0.05, 0.1) is 11.8 Å². The lowest BCUT2D eigenvalue weighted by molar-refractivity contribution is -0.138. The minimum absolute atomic E-state index is 0.108. The number of carbonyl (C=O) groups is 2. The predicted octanol–water partition coefficient (Wildman–Crippen LogP) is 4.23. The van der Waals surface area contributed by atoms with E-state index in [-0.39, 0.29) is 11.8 Å². The van der Waals surface area contributed by atoms with Crippen molar-refractivity contribution in [2.45, 2.75) is 25.7 Å². The van der Waals surface area contributed by atoms with Gasteiger partial charge >= 0.3 is 0 Å². The predicted molar refractivity (Wildman–Crippen MR) is 123 cm³/mol. The minimum atomic E-state index is -0.599. The highest BCUT2D eigenvalue weighted by atomic mass is 16.2. The number of likely N-dealkylation sites (tertiary alicyclic amines) is 1. The molecule has 0 aromatic heterocycles. The molecule has 0 spiro atoms. The Bertz CT molecular complexity index is 1020. The topological polar surface area (TPSA) is 63.4 Å². The first-order chi connectivity index (χ1) is 15.1. The summed E-state index contributed by atoms with van der Waals surface area (Å²) in [6, 6.07) is 28.4. The standard InChI is InChI=1S/C27H28N2O2/c28-26(31)27(20-22-11-13-24(14-12-22)23-9-5-2-6-10-23)15-17-29(18-16-27)25(30)19-21-7-3-1-4-8-21/h1-14H,15-20H2,(H2,28,31). The van der Waals surface area contributed by atoms with Crippen molar-refractivity contribution in [3.8, 4) is 11.1 Å². The third-order valence-electron chi connectivity index (χ3n) is 6.40. The van der Waals surface area contributed by atoms with E-state index in [9.17, 15) is 9.59 Å². The molecule has 1 fully saturated rings. The van der Waals surface area contributed by atoms with Gasteiger partial charge in [-0.05, 0) is 41.5 Å². The molecule has 4 nitrogen and oxygen atoms in total. The Morgan fingerprint density at radius 1 is 0.742 bits per heavy atom. The molecule has 4 heteroatoms. The molecular weight excluding hydrogens is 384 g/mol. The lowest BCUT2D eigenvalue weighted by atomic mass is 9.73. The number of rotatable bonds is 6. The Morgan fingerprint density at radius 2 is 1.29 bits per heavy atom. The molecule has 0 bridgehead atoms. The maximum absolute atomic E-state index is 12.7. The van der Waals surface area contributed by atoms with Crippen LogP contribution in [-0.2, 0) is 22.4 Å². The van der Waals surface area contributed by atoms with Crippen LogP contribution in [0.25, 0.3) is 11.1 Å². The van der Waals surface area contributed by atoms with Crippen molar-refractivity contribution in [2.75, 3.05) is 13.1 Å². The van der Waals surface area contributed by atoms with E-state index in [1.54, 1.807) is 0 Å². The van der Waals surface area contributed by atoms with Gasteiger partial charge in [-0.25, -0.2) is 0 Å². The van der Waals surface area contributed by atoms with E-state index in [0.29, 0.717) is 38.8 Å². The van der Waals surface area contributed by atoms with Crippen LogP contribution in [0.4, 0.5) is 0 Å². The first-order valence-corrected chi connectivity index (χ1v) is 10.8. The molecule has 1 aliphatic heterocycles. The van der Waals surface area contributed by atoms with E-state index in [1.165, 1.54) is 5.56 Å². The molecule has 4 rings (SSSR count). The Labute approximate surface area is 183 Å². The largest absolute Gasteiger partial charge is 0.369 e. The Kier molecular flexibility index (Phi) is 6.17. The van der Waals surface area contributed by atoms with Crippen LogP contribution in [0.3, 0.4) is 0 Å². The van der Waals surface area contributed by atoms with Gasteiger partial charge in [-0.2, -0.15) is 0 Å². The maximum atomic E-state index is 12.7. The second-order valence-corrected chi connectivity index (χ2v) is 8.43. The zero-order valence-electron chi connectivity index (χ0n) is 17.7. The Morgan fingerprint density at radius 3 is 1.87 bits per heavy atom. The summed E-state index contributed by atoms with van der Waals surface area (Å²) in [5, 5.41) is 0. The van der Waals surface area contributed by atoms with Crippen molar-refractivity contribution in [3.63, 3.8) is 0 Å². The van der Waals surface area contributed by atoms with Gasteiger partial charge in [0, 0.05) is 13.1 Å². The van der Waals surface area contributed by atoms with Gasteiger partial charge in [-0.3, -0.25) is 9.59 Å². The lowest BCUT2D eigenvalue weighted by Gasteiger charge is -2.40. The summed E-state index contributed by atoms with van der Waals surface area (Å²) in [6.07, 6.45) is 2.20. The molecule has 0 saturated carbocycles. The molecular formula is C27H28N2O2. The van der Waals surface area contributed by atoms with Gasteiger partial charge in [0.15, 0.2) is 0 Å². The van der Waals surface area contributed by atoms with Crippen molar-refractivity contribution in [1.29, 1.82) is 0 Å². The van der Waals surface area contributed by atoms with E-state index in [0.717, 1.165) is 16.7 Å². The van der Waals surface area contributed by atoms with Gasteiger partial charge in [-0.1, -0.05) is 84.9 Å². The lowest BCUT2D eigenvalue weighted by Crippen LogP contribution is -2.50. The quantitative estimate of drug-likeness (QED) is 0.658. The third kappa shape index (κ3) is 4.85. The molecule has 1 saturated heterocycles. The number of carbonyl (C=O) groups excluding carboxylic acids is 2. The van der Waals surface area contributed by atoms with Crippen LogP contribution in [0.1, 0.15) is 24.0 Å². The van der Waals surface area contributed by atoms with E-state index in [2.05, 4.69) is 36.4 Å². The molecule has 0 radical (unpaired) electrons. The fourth-order valence-corrected chi connectivity index (χ4v) is 4.41. The van der Waals surface area contributed by atoms with Crippen molar-refractivity contribution >= 4 is 11.8 Å². The van der Waals surface area contributed by atoms with Crippen LogP contribution < -0.4 is 5.73 Å². The second-order valence-electron chi connectivity index (χ2n) is 8.43. The van der Waals surface area contributed by atoms with Crippen LogP contribution in [0, 0.1) is 5.41 Å². The molecule has 1 aliphatic rings. The highest BCUT2D eigenvalue weighted by Crippen LogP contribution is 2.35. The number of benzene rings is 3. The van der Waals surface area contributed by atoms with E-state index in [4.69, 9.17) is 5.73 Å². The fourth-order valence-electron chi connectivity index (χ4n) is 4.41. The molecule has 0 aliphatic carbocycles. The summed E-state index contributed by atoms with van der Waals surface area (Å²) in [6.45, 7) is 1.13. The number of amides is 2. The van der Waals surface area contributed by atoms with E-state index in [1.807, 2.05) is 53.4 Å². The smallest absolute Gasteiger partial charge is 0.226 e. The van der Waals surface area contributed by atoms with Crippen molar-refractivity contribution < 1.29 is 9.59 Å². The monoisotopic (exact) mass is 412 g/mol. The molecule has 31 heavy (non-hydrogen) atoms. The SMILES string of the molecule is NC(=O)C1(Cc2ccc(-c3ccccc3)cc2)CCN(C(=O)Cc2ccccc2)CC1. The summed E-state index contributed by atoms with van der Waals surface area (Å²) in [4.78, 5) is 27.0. The van der Waals surface area contributed by atoms with Crippen molar-refractivity contribution in [2.24, 2.45) is 11.1 Å².